The van der Waals surface area contributed by atoms with Gasteiger partial charge < -0.3 is 14.8 Å². The number of carbonyl (C=O) groups is 4. The number of nitrogens with one attached hydrogen (secondary N) is 1. The van der Waals surface area contributed by atoms with Gasteiger partial charge in [0.15, 0.2) is 6.10 Å². The first-order valence-corrected chi connectivity index (χ1v) is 14.9. The summed E-state index contributed by atoms with van der Waals surface area (Å²) in [5.74, 6) is -2.08. The second kappa shape index (κ2) is 12.5. The number of rotatable bonds is 10. The van der Waals surface area contributed by atoms with Crippen molar-refractivity contribution in [2.75, 3.05) is 12.4 Å². The van der Waals surface area contributed by atoms with E-state index >= 15 is 0 Å². The van der Waals surface area contributed by atoms with E-state index in [-0.39, 0.29) is 36.0 Å². The van der Waals surface area contributed by atoms with E-state index in [9.17, 15) is 19.2 Å². The average Bonchev–Trinajstić information content (AvgIpc) is 3.50. The van der Waals surface area contributed by atoms with Crippen LogP contribution in [0.4, 0.5) is 0 Å². The molecule has 5 rings (SSSR count). The molecule has 0 spiro atoms. The van der Waals surface area contributed by atoms with E-state index in [1.54, 1.807) is 0 Å². The van der Waals surface area contributed by atoms with Crippen molar-refractivity contribution in [3.63, 3.8) is 0 Å². The monoisotopic (exact) mass is 576 g/mol. The van der Waals surface area contributed by atoms with Crippen LogP contribution in [-0.2, 0) is 35.1 Å². The van der Waals surface area contributed by atoms with Gasteiger partial charge in [-0.15, -0.1) is 23.1 Å². The lowest BCUT2D eigenvalue weighted by atomic mass is 10.0. The number of ether oxygens (including phenoxy) is 2. The molecule has 1 N–H and O–H groups in total. The van der Waals surface area contributed by atoms with Crippen molar-refractivity contribution < 1.29 is 28.7 Å². The molecule has 10 heteroatoms. The molecule has 0 saturated carbocycles. The minimum atomic E-state index is -0.812. The molecule has 1 aromatic heterocycles. The highest BCUT2D eigenvalue weighted by Gasteiger charge is 2.55. The Morgan fingerprint density at radius 1 is 0.975 bits per heavy atom. The number of thiophene rings is 1. The van der Waals surface area contributed by atoms with Crippen LogP contribution in [0.5, 0.6) is 0 Å². The third kappa shape index (κ3) is 5.83. The van der Waals surface area contributed by atoms with E-state index in [0.717, 1.165) is 16.0 Å². The fourth-order valence-corrected chi connectivity index (χ4v) is 6.62. The highest BCUT2D eigenvalue weighted by molar-refractivity contribution is 8.00. The zero-order chi connectivity index (χ0) is 28.1. The van der Waals surface area contributed by atoms with E-state index in [0.29, 0.717) is 6.42 Å². The maximum Gasteiger partial charge on any atom is 0.356 e. The maximum absolute atomic E-state index is 13.8. The summed E-state index contributed by atoms with van der Waals surface area (Å²) in [5, 5.41) is 4.14. The lowest BCUT2D eigenvalue weighted by Crippen LogP contribution is -2.71. The largest absolute Gasteiger partial charge is 0.462 e. The number of hydrogen-bond donors (Lipinski definition) is 1. The summed E-state index contributed by atoms with van der Waals surface area (Å²) in [7, 11) is 0. The Kier molecular flexibility index (Phi) is 8.66. The number of fused-ring (bicyclic) bond motifs is 1. The van der Waals surface area contributed by atoms with Crippen molar-refractivity contribution in [2.24, 2.45) is 0 Å². The van der Waals surface area contributed by atoms with Crippen LogP contribution in [-0.4, -0.2) is 52.4 Å². The van der Waals surface area contributed by atoms with Crippen LogP contribution in [0.2, 0.25) is 0 Å². The quantitative estimate of drug-likeness (QED) is 0.285. The summed E-state index contributed by atoms with van der Waals surface area (Å²) >= 11 is 2.77. The lowest BCUT2D eigenvalue weighted by Gasteiger charge is -2.49. The van der Waals surface area contributed by atoms with Crippen LogP contribution in [0.3, 0.4) is 0 Å². The van der Waals surface area contributed by atoms with Gasteiger partial charge in [-0.3, -0.25) is 14.5 Å². The van der Waals surface area contributed by atoms with Crippen LogP contribution in [0.25, 0.3) is 0 Å². The Morgan fingerprint density at radius 3 is 2.25 bits per heavy atom. The Balaban J connectivity index is 1.42. The molecule has 0 bridgehead atoms. The van der Waals surface area contributed by atoms with Gasteiger partial charge in [0.2, 0.25) is 5.91 Å². The van der Waals surface area contributed by atoms with E-state index in [4.69, 9.17) is 9.47 Å². The second-order valence-electron chi connectivity index (χ2n) is 9.28. The minimum absolute atomic E-state index is 0.0799. The van der Waals surface area contributed by atoms with Crippen LogP contribution in [0.1, 0.15) is 35.5 Å². The summed E-state index contributed by atoms with van der Waals surface area (Å²) in [5.41, 5.74) is 1.44. The van der Waals surface area contributed by atoms with Crippen molar-refractivity contribution in [2.45, 2.75) is 37.3 Å². The molecular weight excluding hydrogens is 548 g/mol. The summed E-state index contributed by atoms with van der Waals surface area (Å²) in [6.07, 6.45) is 0.00852. The molecule has 0 aliphatic carbocycles. The second-order valence-corrected chi connectivity index (χ2v) is 11.4. The predicted octanol–water partition coefficient (Wildman–Crippen LogP) is 4.23. The van der Waals surface area contributed by atoms with Gasteiger partial charge in [-0.2, -0.15) is 0 Å². The molecule has 2 atom stereocenters. The standard InChI is InChI=1S/C30H28N2O6S2/c1-2-15-37-29(35)22-18-40-28-24(31-23(33)17-21-14-9-16-39-21)27(34)32(28)25(22)30(36)38-26(19-10-5-3-6-11-19)20-12-7-4-8-13-20/h3-14,16,24,26,28H,2,15,17-18H2,1H3,(H,31,33)/t24?,28-/m0/s1. The fourth-order valence-electron chi connectivity index (χ4n) is 4.59. The number of β-lactam (4-membered cyclic amide) rings is 1. The molecule has 206 valence electrons. The molecule has 2 aromatic carbocycles. The molecular formula is C30H28N2O6S2. The average molecular weight is 577 g/mol. The first-order chi connectivity index (χ1) is 19.5. The summed E-state index contributed by atoms with van der Waals surface area (Å²) in [6, 6.07) is 21.4. The summed E-state index contributed by atoms with van der Waals surface area (Å²) in [4.78, 5) is 55.0. The number of esters is 2. The Bertz CT molecular complexity index is 1370. The maximum atomic E-state index is 13.8. The number of hydrogen-bond acceptors (Lipinski definition) is 8. The molecule has 1 fully saturated rings. The van der Waals surface area contributed by atoms with Crippen LogP contribution in [0, 0.1) is 0 Å². The molecule has 1 saturated heterocycles. The fraction of sp³-hybridized carbons (Fsp3) is 0.267. The van der Waals surface area contributed by atoms with E-state index in [1.165, 1.54) is 28.0 Å². The van der Waals surface area contributed by atoms with Crippen molar-refractivity contribution in [3.8, 4) is 0 Å². The molecule has 40 heavy (non-hydrogen) atoms. The molecule has 8 nitrogen and oxygen atoms in total. The molecule has 3 aromatic rings. The molecule has 2 aliphatic rings. The zero-order valence-electron chi connectivity index (χ0n) is 21.8. The molecule has 1 unspecified atom stereocenters. The van der Waals surface area contributed by atoms with E-state index in [2.05, 4.69) is 5.32 Å². The van der Waals surface area contributed by atoms with Crippen molar-refractivity contribution in [1.29, 1.82) is 0 Å². The van der Waals surface area contributed by atoms with Gasteiger partial charge in [0, 0.05) is 10.6 Å². The van der Waals surface area contributed by atoms with Gasteiger partial charge in [0.25, 0.3) is 5.91 Å². The topological polar surface area (TPSA) is 102 Å². The number of benzene rings is 2. The third-order valence-corrected chi connectivity index (χ3v) is 8.66. The minimum Gasteiger partial charge on any atom is -0.462 e. The van der Waals surface area contributed by atoms with Gasteiger partial charge in [0.1, 0.15) is 17.1 Å². The number of nitrogens with zero attached hydrogens (tertiary/aromatic N) is 1. The lowest BCUT2D eigenvalue weighted by molar-refractivity contribution is -0.155. The van der Waals surface area contributed by atoms with E-state index in [1.807, 2.05) is 85.1 Å². The van der Waals surface area contributed by atoms with E-state index < -0.39 is 35.4 Å². The Labute approximate surface area is 240 Å². The normalized spacial score (nSPS) is 18.1. The van der Waals surface area contributed by atoms with Crippen LogP contribution < -0.4 is 5.32 Å². The highest BCUT2D eigenvalue weighted by Crippen LogP contribution is 2.42. The van der Waals surface area contributed by atoms with Gasteiger partial charge >= 0.3 is 11.9 Å². The van der Waals surface area contributed by atoms with Gasteiger partial charge in [-0.05, 0) is 29.0 Å². The zero-order valence-corrected chi connectivity index (χ0v) is 23.4. The first-order valence-electron chi connectivity index (χ1n) is 13.0. The molecule has 2 aliphatic heterocycles. The predicted molar refractivity (Wildman–Crippen MR) is 152 cm³/mol. The number of amides is 2. The van der Waals surface area contributed by atoms with Gasteiger partial charge in [0.05, 0.1) is 18.6 Å². The smallest absolute Gasteiger partial charge is 0.356 e. The van der Waals surface area contributed by atoms with Crippen LogP contribution in [0.15, 0.2) is 89.4 Å². The highest BCUT2D eigenvalue weighted by atomic mass is 32.2. The SMILES string of the molecule is CCCOC(=O)C1=C(C(=O)OC(c2ccccc2)c2ccccc2)N2C(=O)C(NC(=O)Cc3cccs3)[C@@H]2SC1. The van der Waals surface area contributed by atoms with Crippen molar-refractivity contribution >= 4 is 46.9 Å². The Hall–Kier alpha value is -3.89. The number of thioether (sulfide) groups is 1. The molecule has 0 radical (unpaired) electrons. The molecule has 3 heterocycles. The van der Waals surface area contributed by atoms with Crippen molar-refractivity contribution in [3.05, 3.63) is 105 Å². The van der Waals surface area contributed by atoms with Gasteiger partial charge in [-0.25, -0.2) is 9.59 Å². The summed E-state index contributed by atoms with van der Waals surface area (Å²) in [6.45, 7) is 2.06. The van der Waals surface area contributed by atoms with Crippen LogP contribution >= 0.6 is 23.1 Å². The van der Waals surface area contributed by atoms with Gasteiger partial charge in [-0.1, -0.05) is 73.7 Å². The molecule has 2 amide bonds. The Morgan fingerprint density at radius 2 is 1.65 bits per heavy atom. The third-order valence-electron chi connectivity index (χ3n) is 6.51. The van der Waals surface area contributed by atoms with Crippen molar-refractivity contribution in [1.82, 2.24) is 10.2 Å². The summed E-state index contributed by atoms with van der Waals surface area (Å²) < 4.78 is 11.4. The number of carbonyl (C=O) groups excluding carboxylic acids is 4. The first kappa shape index (κ1) is 27.7.